The smallest absolute Gasteiger partial charge is 0.325 e. The summed E-state index contributed by atoms with van der Waals surface area (Å²) in [5.41, 5.74) is 0.837. The van der Waals surface area contributed by atoms with Gasteiger partial charge < -0.3 is 14.0 Å². The average molecular weight is 362 g/mol. The SMILES string of the molecule is COC(=O)Cn1c(=NC(=O)CC2CCCC2)sc2cc(OC)ccc21. The molecule has 25 heavy (non-hydrogen) atoms. The van der Waals surface area contributed by atoms with Crippen molar-refractivity contribution in [2.45, 2.75) is 38.6 Å². The lowest BCUT2D eigenvalue weighted by Crippen LogP contribution is -2.22. The fraction of sp³-hybridized carbons (Fsp3) is 0.500. The van der Waals surface area contributed by atoms with Crippen molar-refractivity contribution < 1.29 is 19.1 Å². The molecular weight excluding hydrogens is 340 g/mol. The Bertz CT molecular complexity index is 846. The minimum absolute atomic E-state index is 0.0262. The zero-order valence-electron chi connectivity index (χ0n) is 14.5. The van der Waals surface area contributed by atoms with E-state index in [4.69, 9.17) is 9.47 Å². The summed E-state index contributed by atoms with van der Waals surface area (Å²) in [7, 11) is 2.95. The zero-order valence-corrected chi connectivity index (χ0v) is 15.3. The van der Waals surface area contributed by atoms with Crippen molar-refractivity contribution in [3.05, 3.63) is 23.0 Å². The van der Waals surface area contributed by atoms with E-state index in [1.54, 1.807) is 11.7 Å². The predicted octanol–water partition coefficient (Wildman–Crippen LogP) is 2.89. The minimum Gasteiger partial charge on any atom is -0.497 e. The third kappa shape index (κ3) is 4.10. The molecule has 1 heterocycles. The molecule has 0 unspecified atom stereocenters. The van der Waals surface area contributed by atoms with Crippen LogP contribution in [0.25, 0.3) is 10.2 Å². The van der Waals surface area contributed by atoms with Gasteiger partial charge in [-0.2, -0.15) is 4.99 Å². The van der Waals surface area contributed by atoms with Crippen LogP contribution in [0.4, 0.5) is 0 Å². The second-order valence-corrected chi connectivity index (χ2v) is 7.25. The van der Waals surface area contributed by atoms with Gasteiger partial charge in [-0.15, -0.1) is 0 Å². The number of rotatable bonds is 5. The Morgan fingerprint density at radius 2 is 2.04 bits per heavy atom. The summed E-state index contributed by atoms with van der Waals surface area (Å²) in [5.74, 6) is 0.673. The maximum absolute atomic E-state index is 12.4. The second-order valence-electron chi connectivity index (χ2n) is 6.24. The van der Waals surface area contributed by atoms with Crippen molar-refractivity contribution in [3.63, 3.8) is 0 Å². The highest BCUT2D eigenvalue weighted by Crippen LogP contribution is 2.28. The second kappa shape index (κ2) is 7.82. The molecule has 1 amide bonds. The summed E-state index contributed by atoms with van der Waals surface area (Å²) in [6.07, 6.45) is 5.09. The van der Waals surface area contributed by atoms with Gasteiger partial charge in [-0.3, -0.25) is 9.59 Å². The van der Waals surface area contributed by atoms with E-state index in [0.29, 0.717) is 17.1 Å². The Morgan fingerprint density at radius 3 is 2.72 bits per heavy atom. The number of hydrogen-bond donors (Lipinski definition) is 0. The first-order chi connectivity index (χ1) is 12.1. The van der Waals surface area contributed by atoms with E-state index in [1.165, 1.54) is 31.3 Å². The first-order valence-electron chi connectivity index (χ1n) is 8.42. The van der Waals surface area contributed by atoms with Gasteiger partial charge in [-0.25, -0.2) is 0 Å². The van der Waals surface area contributed by atoms with Crippen molar-refractivity contribution in [2.75, 3.05) is 14.2 Å². The van der Waals surface area contributed by atoms with Gasteiger partial charge >= 0.3 is 5.97 Å². The fourth-order valence-electron chi connectivity index (χ4n) is 3.23. The Balaban J connectivity index is 1.98. The van der Waals surface area contributed by atoms with Crippen LogP contribution < -0.4 is 9.54 Å². The van der Waals surface area contributed by atoms with E-state index >= 15 is 0 Å². The Labute approximate surface area is 150 Å². The van der Waals surface area contributed by atoms with Crippen molar-refractivity contribution in [1.82, 2.24) is 4.57 Å². The van der Waals surface area contributed by atoms with Crippen LogP contribution >= 0.6 is 11.3 Å². The molecule has 3 rings (SSSR count). The molecule has 134 valence electrons. The number of carbonyl (C=O) groups is 2. The standard InChI is InChI=1S/C18H22N2O4S/c1-23-13-7-8-14-15(10-13)25-18(20(14)11-17(22)24-2)19-16(21)9-12-5-3-4-6-12/h7-8,10,12H,3-6,9,11H2,1-2H3. The Hall–Kier alpha value is -2.15. The van der Waals surface area contributed by atoms with Crippen molar-refractivity contribution in [1.29, 1.82) is 0 Å². The lowest BCUT2D eigenvalue weighted by molar-refractivity contribution is -0.141. The van der Waals surface area contributed by atoms with Crippen LogP contribution in [0, 0.1) is 5.92 Å². The molecule has 0 bridgehead atoms. The van der Waals surface area contributed by atoms with Gasteiger partial charge in [0.05, 0.1) is 24.4 Å². The lowest BCUT2D eigenvalue weighted by Gasteiger charge is -2.05. The van der Waals surface area contributed by atoms with Gasteiger partial charge in [0.25, 0.3) is 0 Å². The van der Waals surface area contributed by atoms with Gasteiger partial charge in [0.1, 0.15) is 12.3 Å². The highest BCUT2D eigenvalue weighted by Gasteiger charge is 2.19. The first-order valence-corrected chi connectivity index (χ1v) is 9.24. The number of esters is 1. The van der Waals surface area contributed by atoms with Crippen molar-refractivity contribution in [3.8, 4) is 5.75 Å². The summed E-state index contributed by atoms with van der Waals surface area (Å²) < 4.78 is 12.7. The van der Waals surface area contributed by atoms with Gasteiger partial charge in [0, 0.05) is 6.42 Å². The number of benzene rings is 1. The van der Waals surface area contributed by atoms with Crippen LogP contribution in [-0.2, 0) is 20.9 Å². The molecule has 1 aromatic carbocycles. The quantitative estimate of drug-likeness (QED) is 0.767. The van der Waals surface area contributed by atoms with Crippen LogP contribution in [0.1, 0.15) is 32.1 Å². The number of nitrogens with zero attached hydrogens (tertiary/aromatic N) is 2. The number of amides is 1. The molecule has 0 radical (unpaired) electrons. The number of methoxy groups -OCH3 is 2. The van der Waals surface area contributed by atoms with Crippen molar-refractivity contribution >= 4 is 33.4 Å². The van der Waals surface area contributed by atoms with E-state index in [1.807, 2.05) is 18.2 Å². The van der Waals surface area contributed by atoms with Crippen LogP contribution in [0.15, 0.2) is 23.2 Å². The maximum Gasteiger partial charge on any atom is 0.325 e. The van der Waals surface area contributed by atoms with E-state index in [9.17, 15) is 9.59 Å². The van der Waals surface area contributed by atoms with Gasteiger partial charge in [-0.05, 0) is 37.0 Å². The lowest BCUT2D eigenvalue weighted by atomic mass is 10.0. The number of carbonyl (C=O) groups excluding carboxylic acids is 2. The van der Waals surface area contributed by atoms with Crippen LogP contribution in [0.3, 0.4) is 0 Å². The molecule has 1 aliphatic carbocycles. The largest absolute Gasteiger partial charge is 0.497 e. The highest BCUT2D eigenvalue weighted by molar-refractivity contribution is 7.16. The van der Waals surface area contributed by atoms with Gasteiger partial charge in [-0.1, -0.05) is 24.2 Å². The molecule has 1 fully saturated rings. The molecule has 7 heteroatoms. The highest BCUT2D eigenvalue weighted by atomic mass is 32.1. The summed E-state index contributed by atoms with van der Waals surface area (Å²) in [6, 6.07) is 5.58. The fourth-order valence-corrected chi connectivity index (χ4v) is 4.30. The van der Waals surface area contributed by atoms with Crippen molar-refractivity contribution in [2.24, 2.45) is 10.9 Å². The molecule has 0 N–H and O–H groups in total. The molecule has 1 aliphatic rings. The molecule has 1 aromatic heterocycles. The molecule has 0 spiro atoms. The molecule has 0 aliphatic heterocycles. The van der Waals surface area contributed by atoms with E-state index in [0.717, 1.165) is 28.8 Å². The number of ether oxygens (including phenoxy) is 2. The summed E-state index contributed by atoms with van der Waals surface area (Å²) in [6.45, 7) is 0.0262. The molecule has 0 saturated heterocycles. The van der Waals surface area contributed by atoms with Gasteiger partial charge in [0.15, 0.2) is 4.80 Å². The normalized spacial score (nSPS) is 15.7. The number of hydrogen-bond acceptors (Lipinski definition) is 5. The molecule has 0 atom stereocenters. The van der Waals surface area contributed by atoms with E-state index in [2.05, 4.69) is 4.99 Å². The average Bonchev–Trinajstić information content (AvgIpc) is 3.22. The van der Waals surface area contributed by atoms with E-state index < -0.39 is 0 Å². The number of thiazole rings is 1. The summed E-state index contributed by atoms with van der Waals surface area (Å²) >= 11 is 1.38. The predicted molar refractivity (Wildman–Crippen MR) is 95.5 cm³/mol. The Morgan fingerprint density at radius 1 is 1.28 bits per heavy atom. The number of aromatic nitrogens is 1. The van der Waals surface area contributed by atoms with E-state index in [-0.39, 0.29) is 18.4 Å². The molecule has 1 saturated carbocycles. The summed E-state index contributed by atoms with van der Waals surface area (Å²) in [5, 5.41) is 0. The maximum atomic E-state index is 12.4. The monoisotopic (exact) mass is 362 g/mol. The molecule has 2 aromatic rings. The summed E-state index contributed by atoms with van der Waals surface area (Å²) in [4.78, 5) is 29.0. The first kappa shape index (κ1) is 17.7. The minimum atomic E-state index is -0.375. The third-order valence-electron chi connectivity index (χ3n) is 4.56. The topological polar surface area (TPSA) is 69.9 Å². The molecule has 6 nitrogen and oxygen atoms in total. The number of fused-ring (bicyclic) bond motifs is 1. The van der Waals surface area contributed by atoms with Crippen LogP contribution in [0.5, 0.6) is 5.75 Å². The third-order valence-corrected chi connectivity index (χ3v) is 5.60. The zero-order chi connectivity index (χ0) is 17.8. The Kier molecular flexibility index (Phi) is 5.53. The van der Waals surface area contributed by atoms with Crippen LogP contribution in [0.2, 0.25) is 0 Å². The van der Waals surface area contributed by atoms with Gasteiger partial charge in [0.2, 0.25) is 5.91 Å². The molecular formula is C18H22N2O4S. The van der Waals surface area contributed by atoms with Crippen LogP contribution in [-0.4, -0.2) is 30.7 Å².